The van der Waals surface area contributed by atoms with E-state index < -0.39 is 11.1 Å². The highest BCUT2D eigenvalue weighted by Crippen LogP contribution is 2.34. The topological polar surface area (TPSA) is 99.5 Å². The number of piperidine rings is 1. The van der Waals surface area contributed by atoms with E-state index in [1.165, 1.54) is 11.8 Å². The van der Waals surface area contributed by atoms with Gasteiger partial charge in [0.05, 0.1) is 15.9 Å². The van der Waals surface area contributed by atoms with Crippen LogP contribution in [-0.4, -0.2) is 56.5 Å². The first kappa shape index (κ1) is 20.9. The number of amides is 3. The Hall–Kier alpha value is -2.98. The van der Waals surface area contributed by atoms with Crippen LogP contribution in [0.5, 0.6) is 0 Å². The molecule has 10 heteroatoms. The molecule has 164 valence electrons. The highest BCUT2D eigenvalue weighted by molar-refractivity contribution is 8.18. The monoisotopic (exact) mass is 468 g/mol. The summed E-state index contributed by atoms with van der Waals surface area (Å²) in [5.74, 6) is -0.194. The first-order chi connectivity index (χ1) is 15.6. The molecule has 0 radical (unpaired) electrons. The van der Waals surface area contributed by atoms with Crippen LogP contribution in [0.1, 0.15) is 25.0 Å². The summed E-state index contributed by atoms with van der Waals surface area (Å²) in [5.41, 5.74) is 1.81. The molecule has 2 aromatic heterocycles. The number of carbonyl (C=O) groups excluding carboxylic acids is 3. The van der Waals surface area contributed by atoms with E-state index in [0.717, 1.165) is 47.0 Å². The standard InChI is InChI=1S/C22H20N4O4S2/c27-18(25-10-4-1-5-11-25)13-26-20(28)17(31-22(26)29)12-14-8-9-19(30-14)32-21-23-15-6-2-3-7-16(15)24-21/h2-3,6-9,12H,1,4-5,10-11,13H2,(H,23,24)/b17-12-. The molecule has 0 saturated carbocycles. The Balaban J connectivity index is 1.26. The van der Waals surface area contributed by atoms with Crippen LogP contribution >= 0.6 is 23.5 Å². The van der Waals surface area contributed by atoms with E-state index >= 15 is 0 Å². The normalized spacial score (nSPS) is 18.3. The van der Waals surface area contributed by atoms with Crippen LogP contribution in [0.3, 0.4) is 0 Å². The third kappa shape index (κ3) is 4.33. The Bertz CT molecular complexity index is 1190. The number of imide groups is 1. The number of hydrogen-bond acceptors (Lipinski definition) is 7. The number of carbonyl (C=O) groups is 3. The number of fused-ring (bicyclic) bond motifs is 1. The number of nitrogens with one attached hydrogen (secondary N) is 1. The molecule has 0 bridgehead atoms. The zero-order valence-corrected chi connectivity index (χ0v) is 18.7. The first-order valence-corrected chi connectivity index (χ1v) is 12.0. The number of nitrogens with zero attached hydrogens (tertiary/aromatic N) is 3. The second-order valence-corrected chi connectivity index (χ2v) is 9.51. The van der Waals surface area contributed by atoms with E-state index in [4.69, 9.17) is 4.42 Å². The van der Waals surface area contributed by atoms with E-state index in [9.17, 15) is 14.4 Å². The molecule has 2 saturated heterocycles. The largest absolute Gasteiger partial charge is 0.450 e. The van der Waals surface area contributed by atoms with Crippen molar-refractivity contribution in [2.75, 3.05) is 19.6 Å². The van der Waals surface area contributed by atoms with Crippen molar-refractivity contribution < 1.29 is 18.8 Å². The zero-order chi connectivity index (χ0) is 22.1. The first-order valence-electron chi connectivity index (χ1n) is 10.3. The summed E-state index contributed by atoms with van der Waals surface area (Å²) < 4.78 is 5.80. The lowest BCUT2D eigenvalue weighted by molar-refractivity contribution is -0.136. The SMILES string of the molecule is O=C(CN1C(=O)S/C(=C\c2ccc(Sc3nc4ccccc4[nH]3)o2)C1=O)N1CCCCC1. The van der Waals surface area contributed by atoms with Crippen molar-refractivity contribution >= 4 is 57.7 Å². The molecule has 2 aliphatic heterocycles. The smallest absolute Gasteiger partial charge is 0.294 e. The Morgan fingerprint density at radius 3 is 2.78 bits per heavy atom. The van der Waals surface area contributed by atoms with Crippen LogP contribution in [0.2, 0.25) is 0 Å². The molecule has 2 aliphatic rings. The molecular formula is C22H20N4O4S2. The van der Waals surface area contributed by atoms with E-state index in [-0.39, 0.29) is 17.4 Å². The molecule has 2 fully saturated rings. The van der Waals surface area contributed by atoms with Gasteiger partial charge in [0.25, 0.3) is 11.1 Å². The van der Waals surface area contributed by atoms with Crippen molar-refractivity contribution in [1.82, 2.24) is 19.8 Å². The number of thioether (sulfide) groups is 1. The number of H-pyrrole nitrogens is 1. The summed E-state index contributed by atoms with van der Waals surface area (Å²) in [5, 5.41) is 0.869. The van der Waals surface area contributed by atoms with Crippen molar-refractivity contribution in [1.29, 1.82) is 0 Å². The minimum absolute atomic E-state index is 0.184. The Kier molecular flexibility index (Phi) is 5.79. The maximum atomic E-state index is 12.7. The number of para-hydroxylation sites is 2. The van der Waals surface area contributed by atoms with Gasteiger partial charge in [-0.15, -0.1) is 0 Å². The fraction of sp³-hybridized carbons (Fsp3) is 0.273. The predicted octanol–water partition coefficient (Wildman–Crippen LogP) is 4.36. The summed E-state index contributed by atoms with van der Waals surface area (Å²) >= 11 is 2.16. The van der Waals surface area contributed by atoms with Gasteiger partial charge in [0.2, 0.25) is 5.91 Å². The second-order valence-electron chi connectivity index (χ2n) is 7.53. The predicted molar refractivity (Wildman–Crippen MR) is 122 cm³/mol. The van der Waals surface area contributed by atoms with Gasteiger partial charge in [-0.1, -0.05) is 12.1 Å². The molecule has 3 amide bonds. The fourth-order valence-electron chi connectivity index (χ4n) is 3.68. The van der Waals surface area contributed by atoms with Crippen LogP contribution in [0.25, 0.3) is 17.1 Å². The minimum Gasteiger partial charge on any atom is -0.450 e. The number of imidazole rings is 1. The second kappa shape index (κ2) is 8.87. The third-order valence-electron chi connectivity index (χ3n) is 5.32. The molecule has 4 heterocycles. The molecule has 0 spiro atoms. The zero-order valence-electron chi connectivity index (χ0n) is 17.1. The number of hydrogen-bond donors (Lipinski definition) is 1. The highest BCUT2D eigenvalue weighted by atomic mass is 32.2. The molecular weight excluding hydrogens is 448 g/mol. The summed E-state index contributed by atoms with van der Waals surface area (Å²) in [6, 6.07) is 11.3. The summed E-state index contributed by atoms with van der Waals surface area (Å²) in [6.07, 6.45) is 4.56. The van der Waals surface area contributed by atoms with Gasteiger partial charge in [0.15, 0.2) is 10.2 Å². The van der Waals surface area contributed by atoms with E-state index in [1.54, 1.807) is 23.1 Å². The summed E-state index contributed by atoms with van der Waals surface area (Å²) in [4.78, 5) is 48.3. The van der Waals surface area contributed by atoms with Gasteiger partial charge in [-0.25, -0.2) is 4.98 Å². The van der Waals surface area contributed by atoms with Crippen LogP contribution < -0.4 is 0 Å². The number of likely N-dealkylation sites (tertiary alicyclic amines) is 1. The van der Waals surface area contributed by atoms with Crippen LogP contribution in [0, 0.1) is 0 Å². The van der Waals surface area contributed by atoms with Gasteiger partial charge in [0.1, 0.15) is 12.3 Å². The highest BCUT2D eigenvalue weighted by Gasteiger charge is 2.37. The van der Waals surface area contributed by atoms with Gasteiger partial charge >= 0.3 is 0 Å². The molecule has 5 rings (SSSR count). The molecule has 3 aromatic rings. The summed E-state index contributed by atoms with van der Waals surface area (Å²) in [7, 11) is 0. The van der Waals surface area contributed by atoms with Crippen molar-refractivity contribution in [3.8, 4) is 0 Å². The number of benzene rings is 1. The minimum atomic E-state index is -0.465. The van der Waals surface area contributed by atoms with Gasteiger partial charge in [0, 0.05) is 19.2 Å². The van der Waals surface area contributed by atoms with Crippen LogP contribution in [0.15, 0.2) is 56.0 Å². The number of aromatic amines is 1. The van der Waals surface area contributed by atoms with Crippen molar-refractivity contribution in [2.24, 2.45) is 0 Å². The number of aromatic nitrogens is 2. The van der Waals surface area contributed by atoms with Crippen molar-refractivity contribution in [2.45, 2.75) is 29.5 Å². The van der Waals surface area contributed by atoms with Crippen LogP contribution in [0.4, 0.5) is 4.79 Å². The van der Waals surface area contributed by atoms with Gasteiger partial charge in [-0.2, -0.15) is 0 Å². The van der Waals surface area contributed by atoms with E-state index in [2.05, 4.69) is 9.97 Å². The van der Waals surface area contributed by atoms with E-state index in [0.29, 0.717) is 29.1 Å². The fourth-order valence-corrected chi connectivity index (χ4v) is 5.27. The quantitative estimate of drug-likeness (QED) is 0.556. The Labute approximate surface area is 192 Å². The maximum absolute atomic E-state index is 12.7. The molecule has 32 heavy (non-hydrogen) atoms. The van der Waals surface area contributed by atoms with E-state index in [1.807, 2.05) is 24.3 Å². The number of rotatable bonds is 5. The third-order valence-corrected chi connectivity index (χ3v) is 7.03. The Morgan fingerprint density at radius 2 is 1.97 bits per heavy atom. The lowest BCUT2D eigenvalue weighted by atomic mass is 10.1. The molecule has 1 N–H and O–H groups in total. The molecule has 0 aliphatic carbocycles. The average Bonchev–Trinajstić information content (AvgIpc) is 3.48. The number of furan rings is 1. The maximum Gasteiger partial charge on any atom is 0.294 e. The molecule has 0 atom stereocenters. The summed E-state index contributed by atoms with van der Waals surface area (Å²) in [6.45, 7) is 1.15. The van der Waals surface area contributed by atoms with Gasteiger partial charge < -0.3 is 14.3 Å². The van der Waals surface area contributed by atoms with Gasteiger partial charge in [-0.3, -0.25) is 19.3 Å². The van der Waals surface area contributed by atoms with Crippen LogP contribution in [-0.2, 0) is 9.59 Å². The molecule has 8 nitrogen and oxygen atoms in total. The molecule has 0 unspecified atom stereocenters. The van der Waals surface area contributed by atoms with Crippen molar-refractivity contribution in [3.05, 3.63) is 47.1 Å². The lowest BCUT2D eigenvalue weighted by Crippen LogP contribution is -2.44. The molecule has 1 aromatic carbocycles. The van der Waals surface area contributed by atoms with Crippen molar-refractivity contribution in [3.63, 3.8) is 0 Å². The van der Waals surface area contributed by atoms with Gasteiger partial charge in [-0.05, 0) is 67.1 Å². The Morgan fingerprint density at radius 1 is 1.16 bits per heavy atom. The average molecular weight is 469 g/mol. The lowest BCUT2D eigenvalue weighted by Gasteiger charge is -2.27.